The van der Waals surface area contributed by atoms with Crippen LogP contribution in [0.1, 0.15) is 15.9 Å². The Morgan fingerprint density at radius 1 is 0.844 bits per heavy atom. The van der Waals surface area contributed by atoms with E-state index in [1.165, 1.54) is 30.6 Å². The third-order valence-electron chi connectivity index (χ3n) is 5.07. The molecule has 0 aromatic heterocycles. The van der Waals surface area contributed by atoms with E-state index in [4.69, 9.17) is 9.47 Å². The lowest BCUT2D eigenvalue weighted by Crippen LogP contribution is -2.27. The maximum atomic E-state index is 12.9. The van der Waals surface area contributed by atoms with Gasteiger partial charge in [-0.05, 0) is 72.6 Å². The van der Waals surface area contributed by atoms with E-state index in [1.54, 1.807) is 43.5 Å². The first-order valence-electron chi connectivity index (χ1n) is 9.99. The molecule has 0 aliphatic carbocycles. The highest BCUT2D eigenvalue weighted by molar-refractivity contribution is 7.92. The highest BCUT2D eigenvalue weighted by Gasteiger charge is 2.21. The van der Waals surface area contributed by atoms with Gasteiger partial charge in [-0.2, -0.15) is 0 Å². The summed E-state index contributed by atoms with van der Waals surface area (Å²) in [4.78, 5) is 12.6. The predicted molar refractivity (Wildman–Crippen MR) is 124 cm³/mol. The number of methoxy groups -OCH3 is 2. The standard InChI is InChI=1S/C24H26N2O5S/c1-26(32(28,29)23-14-12-22(31-3)13-15-23)20-8-6-19(7-9-20)24(27)25-17-16-18-4-10-21(30-2)11-5-18/h4-15H,16-17H2,1-3H3,(H,25,27). The molecule has 0 radical (unpaired) electrons. The Morgan fingerprint density at radius 2 is 1.38 bits per heavy atom. The van der Waals surface area contributed by atoms with Gasteiger partial charge in [0.15, 0.2) is 0 Å². The first-order chi connectivity index (χ1) is 15.3. The van der Waals surface area contributed by atoms with E-state index in [0.717, 1.165) is 11.3 Å². The van der Waals surface area contributed by atoms with Crippen molar-refractivity contribution in [1.29, 1.82) is 0 Å². The Hall–Kier alpha value is -3.52. The molecule has 1 amide bonds. The molecule has 0 fully saturated rings. The van der Waals surface area contributed by atoms with Crippen molar-refractivity contribution in [3.63, 3.8) is 0 Å². The van der Waals surface area contributed by atoms with Gasteiger partial charge < -0.3 is 14.8 Å². The Bertz CT molecular complexity index is 1140. The Balaban J connectivity index is 1.60. The molecule has 3 aromatic rings. The van der Waals surface area contributed by atoms with Gasteiger partial charge >= 0.3 is 0 Å². The van der Waals surface area contributed by atoms with Gasteiger partial charge in [0, 0.05) is 19.2 Å². The SMILES string of the molecule is COc1ccc(CCNC(=O)c2ccc(N(C)S(=O)(=O)c3ccc(OC)cc3)cc2)cc1. The highest BCUT2D eigenvalue weighted by Crippen LogP contribution is 2.24. The molecule has 3 aromatic carbocycles. The zero-order chi connectivity index (χ0) is 23.1. The molecule has 0 saturated heterocycles. The minimum Gasteiger partial charge on any atom is -0.497 e. The van der Waals surface area contributed by atoms with Crippen molar-refractivity contribution < 1.29 is 22.7 Å². The van der Waals surface area contributed by atoms with Crippen molar-refractivity contribution in [2.75, 3.05) is 32.1 Å². The Morgan fingerprint density at radius 3 is 1.91 bits per heavy atom. The molecule has 168 valence electrons. The van der Waals surface area contributed by atoms with Crippen LogP contribution in [0.15, 0.2) is 77.7 Å². The maximum Gasteiger partial charge on any atom is 0.264 e. The van der Waals surface area contributed by atoms with Crippen molar-refractivity contribution >= 4 is 21.6 Å². The first kappa shape index (κ1) is 23.1. The molecule has 3 rings (SSSR count). The number of carbonyl (C=O) groups excluding carboxylic acids is 1. The summed E-state index contributed by atoms with van der Waals surface area (Å²) in [5.41, 5.74) is 2.00. The van der Waals surface area contributed by atoms with Crippen molar-refractivity contribution in [1.82, 2.24) is 5.32 Å². The van der Waals surface area contributed by atoms with Crippen LogP contribution < -0.4 is 19.1 Å². The molecule has 0 spiro atoms. The lowest BCUT2D eigenvalue weighted by molar-refractivity contribution is 0.0954. The summed E-state index contributed by atoms with van der Waals surface area (Å²) in [7, 11) is 0.882. The molecular weight excluding hydrogens is 428 g/mol. The van der Waals surface area contributed by atoms with Gasteiger partial charge in [0.25, 0.3) is 15.9 Å². The van der Waals surface area contributed by atoms with Crippen LogP contribution >= 0.6 is 0 Å². The highest BCUT2D eigenvalue weighted by atomic mass is 32.2. The summed E-state index contributed by atoms with van der Waals surface area (Å²) in [5.74, 6) is 1.15. The number of carbonyl (C=O) groups is 1. The summed E-state index contributed by atoms with van der Waals surface area (Å²) in [6.45, 7) is 0.485. The van der Waals surface area contributed by atoms with E-state index >= 15 is 0 Å². The van der Waals surface area contributed by atoms with E-state index < -0.39 is 10.0 Å². The summed E-state index contributed by atoms with van der Waals surface area (Å²) in [6.07, 6.45) is 0.691. The number of anilines is 1. The fourth-order valence-corrected chi connectivity index (χ4v) is 4.28. The number of hydrogen-bond acceptors (Lipinski definition) is 5. The van der Waals surface area contributed by atoms with Crippen LogP contribution in [0, 0.1) is 0 Å². The quantitative estimate of drug-likeness (QED) is 0.535. The zero-order valence-electron chi connectivity index (χ0n) is 18.2. The number of ether oxygens (including phenoxy) is 2. The van der Waals surface area contributed by atoms with E-state index in [9.17, 15) is 13.2 Å². The zero-order valence-corrected chi connectivity index (χ0v) is 19.1. The topological polar surface area (TPSA) is 84.9 Å². The van der Waals surface area contributed by atoms with Gasteiger partial charge in [0.1, 0.15) is 11.5 Å². The number of benzene rings is 3. The largest absolute Gasteiger partial charge is 0.497 e. The van der Waals surface area contributed by atoms with Crippen molar-refractivity contribution in [3.8, 4) is 11.5 Å². The molecule has 0 heterocycles. The average Bonchev–Trinajstić information content (AvgIpc) is 2.84. The molecule has 0 unspecified atom stereocenters. The van der Waals surface area contributed by atoms with Crippen molar-refractivity contribution in [2.45, 2.75) is 11.3 Å². The van der Waals surface area contributed by atoms with E-state index in [1.807, 2.05) is 24.3 Å². The van der Waals surface area contributed by atoms with Gasteiger partial charge in [-0.1, -0.05) is 12.1 Å². The summed E-state index contributed by atoms with van der Waals surface area (Å²) < 4.78 is 37.1. The third kappa shape index (κ3) is 5.39. The fourth-order valence-electron chi connectivity index (χ4n) is 3.08. The number of sulfonamides is 1. The maximum absolute atomic E-state index is 12.9. The summed E-state index contributed by atoms with van der Waals surface area (Å²) in [6, 6.07) is 20.3. The van der Waals surface area contributed by atoms with Crippen LogP contribution in [0.4, 0.5) is 5.69 Å². The van der Waals surface area contributed by atoms with E-state index in [2.05, 4.69) is 5.32 Å². The normalized spacial score (nSPS) is 11.0. The fraction of sp³-hybridized carbons (Fsp3) is 0.208. The van der Waals surface area contributed by atoms with Gasteiger partial charge in [0.2, 0.25) is 0 Å². The van der Waals surface area contributed by atoms with Crippen LogP contribution in [-0.2, 0) is 16.4 Å². The molecule has 32 heavy (non-hydrogen) atoms. The second-order valence-corrected chi connectivity index (χ2v) is 9.02. The summed E-state index contributed by atoms with van der Waals surface area (Å²) in [5, 5.41) is 2.88. The van der Waals surface area contributed by atoms with E-state index in [-0.39, 0.29) is 10.8 Å². The van der Waals surface area contributed by atoms with E-state index in [0.29, 0.717) is 30.0 Å². The molecule has 1 N–H and O–H groups in total. The van der Waals surface area contributed by atoms with Crippen LogP contribution in [0.2, 0.25) is 0 Å². The number of nitrogens with one attached hydrogen (secondary N) is 1. The predicted octanol–water partition coefficient (Wildman–Crippen LogP) is 3.50. The number of nitrogens with zero attached hydrogens (tertiary/aromatic N) is 1. The number of rotatable bonds is 9. The van der Waals surface area contributed by atoms with Gasteiger partial charge in [0.05, 0.1) is 24.8 Å². The van der Waals surface area contributed by atoms with Gasteiger partial charge in [-0.25, -0.2) is 8.42 Å². The average molecular weight is 455 g/mol. The van der Waals surface area contributed by atoms with Crippen LogP contribution in [0.25, 0.3) is 0 Å². The van der Waals surface area contributed by atoms with Crippen molar-refractivity contribution in [2.24, 2.45) is 0 Å². The van der Waals surface area contributed by atoms with Crippen LogP contribution in [-0.4, -0.2) is 42.1 Å². The van der Waals surface area contributed by atoms with Crippen LogP contribution in [0.5, 0.6) is 11.5 Å². The Labute approximate surface area is 188 Å². The molecule has 0 aliphatic heterocycles. The summed E-state index contributed by atoms with van der Waals surface area (Å²) >= 11 is 0. The monoisotopic (exact) mass is 454 g/mol. The Kier molecular flexibility index (Phi) is 7.37. The first-order valence-corrected chi connectivity index (χ1v) is 11.4. The smallest absolute Gasteiger partial charge is 0.264 e. The minimum atomic E-state index is -3.73. The molecular formula is C24H26N2O5S. The lowest BCUT2D eigenvalue weighted by atomic mass is 10.1. The number of hydrogen-bond donors (Lipinski definition) is 1. The number of amides is 1. The molecule has 0 atom stereocenters. The minimum absolute atomic E-state index is 0.154. The van der Waals surface area contributed by atoms with Gasteiger partial charge in [-0.15, -0.1) is 0 Å². The second kappa shape index (κ2) is 10.2. The molecule has 0 aliphatic rings. The van der Waals surface area contributed by atoms with Crippen molar-refractivity contribution in [3.05, 3.63) is 83.9 Å². The van der Waals surface area contributed by atoms with Crippen LogP contribution in [0.3, 0.4) is 0 Å². The van der Waals surface area contributed by atoms with Gasteiger partial charge in [-0.3, -0.25) is 9.10 Å². The second-order valence-electron chi connectivity index (χ2n) is 7.05. The lowest BCUT2D eigenvalue weighted by Gasteiger charge is -2.20. The molecule has 8 heteroatoms. The molecule has 0 bridgehead atoms. The molecule has 7 nitrogen and oxygen atoms in total. The molecule has 0 saturated carbocycles. The third-order valence-corrected chi connectivity index (χ3v) is 6.87.